The molecule has 2 N–H and O–H groups in total. The molecule has 2 aromatic rings. The van der Waals surface area contributed by atoms with E-state index in [2.05, 4.69) is 42.2 Å². The van der Waals surface area contributed by atoms with Gasteiger partial charge in [-0.1, -0.05) is 26.7 Å². The Morgan fingerprint density at radius 1 is 1.20 bits per heavy atom. The zero-order valence-corrected chi connectivity index (χ0v) is 12.8. The van der Waals surface area contributed by atoms with Crippen molar-refractivity contribution in [1.82, 2.24) is 14.5 Å². The van der Waals surface area contributed by atoms with Crippen molar-refractivity contribution in [2.45, 2.75) is 53.0 Å². The number of aromatic nitrogens is 3. The summed E-state index contributed by atoms with van der Waals surface area (Å²) in [5, 5.41) is 1.04. The van der Waals surface area contributed by atoms with Gasteiger partial charge in [-0.15, -0.1) is 0 Å². The lowest BCUT2D eigenvalue weighted by atomic mass is 9.78. The van der Waals surface area contributed by atoms with E-state index in [1.165, 1.54) is 30.5 Å². The van der Waals surface area contributed by atoms with Crippen LogP contribution in [0.5, 0.6) is 0 Å². The maximum atomic E-state index is 6.07. The van der Waals surface area contributed by atoms with E-state index < -0.39 is 0 Å². The van der Waals surface area contributed by atoms with Crippen molar-refractivity contribution >= 4 is 16.9 Å². The quantitative estimate of drug-likeness (QED) is 0.862. The molecule has 0 aromatic carbocycles. The average molecular weight is 272 g/mol. The number of nitrogens with zero attached hydrogens (tertiary/aromatic N) is 3. The molecular weight excluding hydrogens is 248 g/mol. The van der Waals surface area contributed by atoms with Crippen LogP contribution in [0.3, 0.4) is 0 Å². The largest absolute Gasteiger partial charge is 0.383 e. The predicted octanol–water partition coefficient (Wildman–Crippen LogP) is 3.63. The normalized spacial score (nSPS) is 27.1. The second kappa shape index (κ2) is 4.76. The summed E-state index contributed by atoms with van der Waals surface area (Å²) in [7, 11) is 0. The first-order chi connectivity index (χ1) is 9.52. The Labute approximate surface area is 120 Å². The SMILES string of the molecule is Cc1c(C)n(C2CCCC(C)C2C)c2ncnc(N)c12. The van der Waals surface area contributed by atoms with Crippen LogP contribution in [0.25, 0.3) is 11.0 Å². The van der Waals surface area contributed by atoms with Crippen LogP contribution >= 0.6 is 0 Å². The van der Waals surface area contributed by atoms with Gasteiger partial charge in [-0.3, -0.25) is 0 Å². The van der Waals surface area contributed by atoms with Gasteiger partial charge in [0.1, 0.15) is 17.8 Å². The zero-order valence-electron chi connectivity index (χ0n) is 12.8. The summed E-state index contributed by atoms with van der Waals surface area (Å²) in [6.45, 7) is 9.06. The molecule has 4 nitrogen and oxygen atoms in total. The molecule has 2 heterocycles. The van der Waals surface area contributed by atoms with E-state index >= 15 is 0 Å². The minimum absolute atomic E-state index is 0.532. The van der Waals surface area contributed by atoms with Crippen LogP contribution in [0.15, 0.2) is 6.33 Å². The molecule has 3 rings (SSSR count). The van der Waals surface area contributed by atoms with Crippen molar-refractivity contribution in [3.63, 3.8) is 0 Å². The molecule has 1 aliphatic carbocycles. The Balaban J connectivity index is 2.21. The van der Waals surface area contributed by atoms with E-state index in [4.69, 9.17) is 5.73 Å². The molecule has 0 spiro atoms. The maximum absolute atomic E-state index is 6.07. The topological polar surface area (TPSA) is 56.7 Å². The summed E-state index contributed by atoms with van der Waals surface area (Å²) in [4.78, 5) is 8.69. The molecule has 1 aliphatic rings. The summed E-state index contributed by atoms with van der Waals surface area (Å²) in [5.74, 6) is 2.05. The number of anilines is 1. The van der Waals surface area contributed by atoms with Gasteiger partial charge >= 0.3 is 0 Å². The van der Waals surface area contributed by atoms with Crippen LogP contribution in [-0.2, 0) is 0 Å². The van der Waals surface area contributed by atoms with Gasteiger partial charge in [0.25, 0.3) is 0 Å². The monoisotopic (exact) mass is 272 g/mol. The number of hydrogen-bond acceptors (Lipinski definition) is 3. The summed E-state index contributed by atoms with van der Waals surface area (Å²) in [6, 6.07) is 0.532. The highest BCUT2D eigenvalue weighted by molar-refractivity contribution is 5.90. The average Bonchev–Trinajstić information content (AvgIpc) is 2.67. The summed E-state index contributed by atoms with van der Waals surface area (Å²) < 4.78 is 2.42. The fourth-order valence-corrected chi connectivity index (χ4v) is 3.78. The Kier molecular flexibility index (Phi) is 3.19. The molecule has 1 fully saturated rings. The molecule has 1 saturated carbocycles. The highest BCUT2D eigenvalue weighted by Gasteiger charge is 2.31. The number of rotatable bonds is 1. The minimum atomic E-state index is 0.532. The van der Waals surface area contributed by atoms with Crippen LogP contribution in [0.4, 0.5) is 5.82 Å². The highest BCUT2D eigenvalue weighted by Crippen LogP contribution is 2.41. The van der Waals surface area contributed by atoms with Crippen molar-refractivity contribution in [3.8, 4) is 0 Å². The smallest absolute Gasteiger partial charge is 0.146 e. The third kappa shape index (κ3) is 1.81. The number of nitrogens with two attached hydrogens (primary N) is 1. The molecule has 2 aromatic heterocycles. The van der Waals surface area contributed by atoms with Crippen molar-refractivity contribution in [3.05, 3.63) is 17.6 Å². The van der Waals surface area contributed by atoms with Crippen molar-refractivity contribution in [2.24, 2.45) is 11.8 Å². The molecule has 4 heteroatoms. The van der Waals surface area contributed by atoms with Crippen LogP contribution < -0.4 is 5.73 Å². The van der Waals surface area contributed by atoms with Gasteiger partial charge in [-0.25, -0.2) is 9.97 Å². The number of nitrogen functional groups attached to an aromatic ring is 1. The summed E-state index contributed by atoms with van der Waals surface area (Å²) in [5.41, 5.74) is 9.59. The lowest BCUT2D eigenvalue weighted by molar-refractivity contribution is 0.187. The standard InChI is InChI=1S/C16H24N4/c1-9-6-5-7-13(10(9)2)20-12(4)11(3)14-15(17)18-8-19-16(14)20/h8-10,13H,5-7H2,1-4H3,(H2,17,18,19). The molecule has 108 valence electrons. The van der Waals surface area contributed by atoms with Crippen molar-refractivity contribution in [1.29, 1.82) is 0 Å². The molecule has 3 atom stereocenters. The predicted molar refractivity (Wildman–Crippen MR) is 82.6 cm³/mol. The Bertz CT molecular complexity index is 643. The fourth-order valence-electron chi connectivity index (χ4n) is 3.78. The molecule has 0 bridgehead atoms. The van der Waals surface area contributed by atoms with Gasteiger partial charge in [0.15, 0.2) is 0 Å². The molecule has 3 unspecified atom stereocenters. The third-order valence-electron chi connectivity index (χ3n) is 5.36. The number of fused-ring (bicyclic) bond motifs is 1. The first-order valence-electron chi connectivity index (χ1n) is 7.60. The molecule has 0 amide bonds. The lowest BCUT2D eigenvalue weighted by Crippen LogP contribution is -2.27. The van der Waals surface area contributed by atoms with Crippen molar-refractivity contribution < 1.29 is 0 Å². The van der Waals surface area contributed by atoms with E-state index in [1.54, 1.807) is 6.33 Å². The zero-order chi connectivity index (χ0) is 14.4. The lowest BCUT2D eigenvalue weighted by Gasteiger charge is -2.36. The van der Waals surface area contributed by atoms with E-state index in [1.807, 2.05) is 0 Å². The van der Waals surface area contributed by atoms with Gasteiger partial charge in [0.2, 0.25) is 0 Å². The number of aryl methyl sites for hydroxylation is 1. The molecule has 0 saturated heterocycles. The van der Waals surface area contributed by atoms with Crippen molar-refractivity contribution in [2.75, 3.05) is 5.73 Å². The van der Waals surface area contributed by atoms with Gasteiger partial charge in [-0.2, -0.15) is 0 Å². The Morgan fingerprint density at radius 3 is 2.70 bits per heavy atom. The second-order valence-corrected chi connectivity index (χ2v) is 6.37. The molecule has 0 aliphatic heterocycles. The minimum Gasteiger partial charge on any atom is -0.383 e. The molecular formula is C16H24N4. The Hall–Kier alpha value is -1.58. The molecule has 20 heavy (non-hydrogen) atoms. The van der Waals surface area contributed by atoms with E-state index in [0.717, 1.165) is 17.0 Å². The first-order valence-corrected chi connectivity index (χ1v) is 7.60. The summed E-state index contributed by atoms with van der Waals surface area (Å²) >= 11 is 0. The van der Waals surface area contributed by atoms with Gasteiger partial charge in [0.05, 0.1) is 5.39 Å². The van der Waals surface area contributed by atoms with E-state index in [0.29, 0.717) is 17.8 Å². The van der Waals surface area contributed by atoms with Gasteiger partial charge < -0.3 is 10.3 Å². The van der Waals surface area contributed by atoms with E-state index in [-0.39, 0.29) is 0 Å². The van der Waals surface area contributed by atoms with Crippen LogP contribution in [-0.4, -0.2) is 14.5 Å². The first kappa shape index (κ1) is 13.4. The highest BCUT2D eigenvalue weighted by atomic mass is 15.1. The van der Waals surface area contributed by atoms with Crippen LogP contribution in [0, 0.1) is 25.7 Å². The van der Waals surface area contributed by atoms with Gasteiger partial charge in [0, 0.05) is 11.7 Å². The van der Waals surface area contributed by atoms with Crippen LogP contribution in [0.1, 0.15) is 50.4 Å². The van der Waals surface area contributed by atoms with E-state index in [9.17, 15) is 0 Å². The van der Waals surface area contributed by atoms with Gasteiger partial charge in [-0.05, 0) is 37.7 Å². The summed E-state index contributed by atoms with van der Waals surface area (Å²) in [6.07, 6.45) is 5.46. The fraction of sp³-hybridized carbons (Fsp3) is 0.625. The van der Waals surface area contributed by atoms with Crippen LogP contribution in [0.2, 0.25) is 0 Å². The number of hydrogen-bond donors (Lipinski definition) is 1. The second-order valence-electron chi connectivity index (χ2n) is 6.37. The Morgan fingerprint density at radius 2 is 1.95 bits per heavy atom. The maximum Gasteiger partial charge on any atom is 0.146 e. The molecule has 0 radical (unpaired) electrons. The third-order valence-corrected chi connectivity index (χ3v) is 5.36.